The first kappa shape index (κ1) is 13.1. The highest BCUT2D eigenvalue weighted by molar-refractivity contribution is 5.49. The lowest BCUT2D eigenvalue weighted by Gasteiger charge is -2.05. The van der Waals surface area contributed by atoms with Gasteiger partial charge in [0.05, 0.1) is 5.56 Å². The van der Waals surface area contributed by atoms with Crippen molar-refractivity contribution >= 4 is 6.08 Å². The Hall–Kier alpha value is -1.29. The first-order chi connectivity index (χ1) is 8.55. The van der Waals surface area contributed by atoms with Crippen molar-refractivity contribution in [2.45, 2.75) is 31.5 Å². The lowest BCUT2D eigenvalue weighted by atomic mass is 10.1. The van der Waals surface area contributed by atoms with Gasteiger partial charge in [-0.1, -0.05) is 24.3 Å². The molecule has 0 unspecified atom stereocenters. The van der Waals surface area contributed by atoms with Crippen molar-refractivity contribution in [1.82, 2.24) is 5.32 Å². The molecule has 1 aliphatic carbocycles. The highest BCUT2D eigenvalue weighted by Gasteiger charge is 2.29. The number of alkyl halides is 3. The van der Waals surface area contributed by atoms with Crippen LogP contribution in [-0.4, -0.2) is 12.6 Å². The maximum atomic E-state index is 12.3. The van der Waals surface area contributed by atoms with Gasteiger partial charge in [0.1, 0.15) is 0 Å². The molecule has 0 spiro atoms. The minimum Gasteiger partial charge on any atom is -0.314 e. The van der Waals surface area contributed by atoms with Crippen LogP contribution in [0.3, 0.4) is 0 Å². The molecule has 98 valence electrons. The number of hydrogen-bond donors (Lipinski definition) is 1. The summed E-state index contributed by atoms with van der Waals surface area (Å²) in [7, 11) is 0. The van der Waals surface area contributed by atoms with Gasteiger partial charge in [0.25, 0.3) is 0 Å². The molecule has 18 heavy (non-hydrogen) atoms. The molecule has 2 rings (SSSR count). The second kappa shape index (κ2) is 5.57. The van der Waals surface area contributed by atoms with Gasteiger partial charge >= 0.3 is 6.18 Å². The van der Waals surface area contributed by atoms with Crippen LogP contribution in [0.5, 0.6) is 0 Å². The summed E-state index contributed by atoms with van der Waals surface area (Å²) >= 11 is 0. The Morgan fingerprint density at radius 1 is 1.17 bits per heavy atom. The van der Waals surface area contributed by atoms with Crippen LogP contribution in [-0.2, 0) is 6.18 Å². The molecule has 1 aliphatic rings. The van der Waals surface area contributed by atoms with Crippen LogP contribution in [0.2, 0.25) is 0 Å². The fourth-order valence-corrected chi connectivity index (χ4v) is 1.66. The topological polar surface area (TPSA) is 12.0 Å². The van der Waals surface area contributed by atoms with E-state index in [4.69, 9.17) is 0 Å². The van der Waals surface area contributed by atoms with Gasteiger partial charge in [-0.2, -0.15) is 13.2 Å². The molecule has 0 bridgehead atoms. The molecule has 0 atom stereocenters. The molecular weight excluding hydrogens is 239 g/mol. The minimum absolute atomic E-state index is 0.602. The van der Waals surface area contributed by atoms with Gasteiger partial charge in [-0.25, -0.2) is 0 Å². The number of nitrogens with one attached hydrogen (secondary N) is 1. The molecule has 0 heterocycles. The van der Waals surface area contributed by atoms with E-state index in [1.165, 1.54) is 25.0 Å². The van der Waals surface area contributed by atoms with E-state index < -0.39 is 11.7 Å². The van der Waals surface area contributed by atoms with Crippen molar-refractivity contribution in [2.75, 3.05) is 6.54 Å². The monoisotopic (exact) mass is 255 g/mol. The first-order valence-electron chi connectivity index (χ1n) is 6.13. The lowest BCUT2D eigenvalue weighted by Crippen LogP contribution is -2.16. The molecule has 1 fully saturated rings. The van der Waals surface area contributed by atoms with Crippen LogP contribution in [0.25, 0.3) is 6.08 Å². The van der Waals surface area contributed by atoms with Crippen molar-refractivity contribution in [3.63, 3.8) is 0 Å². The zero-order valence-corrected chi connectivity index (χ0v) is 10.0. The number of halogens is 3. The summed E-state index contributed by atoms with van der Waals surface area (Å²) in [5, 5.41) is 3.37. The fourth-order valence-electron chi connectivity index (χ4n) is 1.66. The Morgan fingerprint density at radius 3 is 2.39 bits per heavy atom. The highest BCUT2D eigenvalue weighted by Crippen LogP contribution is 2.29. The predicted molar refractivity (Wildman–Crippen MR) is 66.1 cm³/mol. The average Bonchev–Trinajstić information content (AvgIpc) is 3.12. The smallest absolute Gasteiger partial charge is 0.314 e. The summed E-state index contributed by atoms with van der Waals surface area (Å²) in [6.07, 6.45) is 3.02. The average molecular weight is 255 g/mol. The van der Waals surface area contributed by atoms with Crippen LogP contribution in [0.15, 0.2) is 30.3 Å². The third-order valence-corrected chi connectivity index (χ3v) is 2.87. The molecule has 4 heteroatoms. The predicted octanol–water partition coefficient (Wildman–Crippen LogP) is 3.86. The third-order valence-electron chi connectivity index (χ3n) is 2.87. The van der Waals surface area contributed by atoms with E-state index >= 15 is 0 Å². The SMILES string of the molecule is FC(F)(F)c1ccc(C=CCCNC2CC2)cc1. The van der Waals surface area contributed by atoms with Gasteiger partial charge in [-0.3, -0.25) is 0 Å². The van der Waals surface area contributed by atoms with Crippen molar-refractivity contribution < 1.29 is 13.2 Å². The van der Waals surface area contributed by atoms with E-state index in [-0.39, 0.29) is 0 Å². The normalized spacial score (nSPS) is 16.4. The zero-order chi connectivity index (χ0) is 13.0. The highest BCUT2D eigenvalue weighted by atomic mass is 19.4. The molecule has 0 amide bonds. The number of rotatable bonds is 5. The Bertz CT molecular complexity index is 402. The van der Waals surface area contributed by atoms with Gasteiger partial charge in [-0.15, -0.1) is 0 Å². The van der Waals surface area contributed by atoms with Gasteiger partial charge in [0.2, 0.25) is 0 Å². The fraction of sp³-hybridized carbons (Fsp3) is 0.429. The van der Waals surface area contributed by atoms with Gasteiger partial charge in [0, 0.05) is 6.04 Å². The first-order valence-corrected chi connectivity index (χ1v) is 6.13. The van der Waals surface area contributed by atoms with Crippen LogP contribution >= 0.6 is 0 Å². The van der Waals surface area contributed by atoms with E-state index in [2.05, 4.69) is 5.32 Å². The molecule has 0 aromatic heterocycles. The maximum absolute atomic E-state index is 12.3. The zero-order valence-electron chi connectivity index (χ0n) is 10.0. The Morgan fingerprint density at radius 2 is 1.83 bits per heavy atom. The van der Waals surface area contributed by atoms with Gasteiger partial charge in [-0.05, 0) is 43.5 Å². The van der Waals surface area contributed by atoms with Crippen molar-refractivity contribution in [3.05, 3.63) is 41.5 Å². The van der Waals surface area contributed by atoms with Crippen molar-refractivity contribution in [2.24, 2.45) is 0 Å². The van der Waals surface area contributed by atoms with Crippen LogP contribution in [0.1, 0.15) is 30.4 Å². The third kappa shape index (κ3) is 4.18. The summed E-state index contributed by atoms with van der Waals surface area (Å²) in [4.78, 5) is 0. The molecule has 1 nitrogen and oxygen atoms in total. The van der Waals surface area contributed by atoms with Gasteiger partial charge in [0.15, 0.2) is 0 Å². The number of hydrogen-bond acceptors (Lipinski definition) is 1. The Balaban J connectivity index is 1.79. The van der Waals surface area contributed by atoms with Crippen LogP contribution < -0.4 is 5.32 Å². The van der Waals surface area contributed by atoms with E-state index in [9.17, 15) is 13.2 Å². The van der Waals surface area contributed by atoms with Crippen LogP contribution in [0.4, 0.5) is 13.2 Å². The van der Waals surface area contributed by atoms with E-state index in [1.54, 1.807) is 0 Å². The summed E-state index contributed by atoms with van der Waals surface area (Å²) in [6, 6.07) is 5.91. The second-order valence-corrected chi connectivity index (χ2v) is 4.54. The van der Waals surface area contributed by atoms with E-state index in [0.717, 1.165) is 30.7 Å². The van der Waals surface area contributed by atoms with E-state index in [0.29, 0.717) is 6.04 Å². The largest absolute Gasteiger partial charge is 0.416 e. The molecular formula is C14H16F3N. The minimum atomic E-state index is -4.25. The van der Waals surface area contributed by atoms with Crippen molar-refractivity contribution in [3.8, 4) is 0 Å². The second-order valence-electron chi connectivity index (χ2n) is 4.54. The number of benzene rings is 1. The lowest BCUT2D eigenvalue weighted by molar-refractivity contribution is -0.137. The van der Waals surface area contributed by atoms with Gasteiger partial charge < -0.3 is 5.32 Å². The molecule has 0 aliphatic heterocycles. The Labute approximate surface area is 105 Å². The molecule has 1 saturated carbocycles. The molecule has 1 aromatic carbocycles. The summed E-state index contributed by atoms with van der Waals surface area (Å²) in [5.74, 6) is 0. The van der Waals surface area contributed by atoms with Crippen LogP contribution in [0, 0.1) is 0 Å². The summed E-state index contributed by atoms with van der Waals surface area (Å²) in [5.41, 5.74) is 0.199. The summed E-state index contributed by atoms with van der Waals surface area (Å²) in [6.45, 7) is 0.932. The Kier molecular flexibility index (Phi) is 4.07. The standard InChI is InChI=1S/C14H16F3N/c15-14(16,17)12-6-4-11(5-7-12)3-1-2-10-18-13-8-9-13/h1,3-7,13,18H,2,8-10H2. The quantitative estimate of drug-likeness (QED) is 0.788. The molecule has 0 radical (unpaired) electrons. The summed E-state index contributed by atoms with van der Waals surface area (Å²) < 4.78 is 37.0. The molecule has 0 saturated heterocycles. The molecule has 1 N–H and O–H groups in total. The van der Waals surface area contributed by atoms with E-state index in [1.807, 2.05) is 12.2 Å². The maximum Gasteiger partial charge on any atom is 0.416 e. The van der Waals surface area contributed by atoms with Crippen molar-refractivity contribution in [1.29, 1.82) is 0 Å². The molecule has 1 aromatic rings.